The lowest BCUT2D eigenvalue weighted by Gasteiger charge is -1.99. The molecule has 0 bridgehead atoms. The highest BCUT2D eigenvalue weighted by Crippen LogP contribution is 2.38. The fraction of sp³-hybridized carbons (Fsp3) is 0.143. The smallest absolute Gasteiger partial charge is 0.136 e. The van der Waals surface area contributed by atoms with Gasteiger partial charge in [0, 0.05) is 10.9 Å². The number of hydrogen-bond donors (Lipinski definition) is 0. The zero-order valence-corrected chi connectivity index (χ0v) is 12.8. The minimum Gasteiger partial charge on any atom is -0.456 e. The summed E-state index contributed by atoms with van der Waals surface area (Å²) >= 11 is 0. The Morgan fingerprint density at radius 2 is 1.50 bits per heavy atom. The van der Waals surface area contributed by atoms with Crippen LogP contribution in [0.4, 0.5) is 0 Å². The highest BCUT2D eigenvalue weighted by molar-refractivity contribution is 5.89. The first-order valence-electron chi connectivity index (χ1n) is 7.74. The van der Waals surface area contributed by atoms with Gasteiger partial charge in [0.05, 0.1) is 0 Å². The van der Waals surface area contributed by atoms with Crippen LogP contribution in [0.5, 0.6) is 0 Å². The Kier molecular flexibility index (Phi) is 3.00. The molecule has 1 aromatic carbocycles. The first-order valence-corrected chi connectivity index (χ1v) is 7.74. The van der Waals surface area contributed by atoms with Gasteiger partial charge >= 0.3 is 0 Å². The zero-order chi connectivity index (χ0) is 15.1. The Bertz CT molecular complexity index is 881. The van der Waals surface area contributed by atoms with Crippen molar-refractivity contribution in [2.75, 3.05) is 0 Å². The van der Waals surface area contributed by atoms with Gasteiger partial charge in [0.1, 0.15) is 11.3 Å². The van der Waals surface area contributed by atoms with Gasteiger partial charge in [-0.2, -0.15) is 0 Å². The third-order valence-electron chi connectivity index (χ3n) is 4.29. The minimum atomic E-state index is 0.533. The van der Waals surface area contributed by atoms with E-state index in [-0.39, 0.29) is 0 Å². The molecule has 108 valence electrons. The third kappa shape index (κ3) is 2.10. The van der Waals surface area contributed by atoms with Crippen molar-refractivity contribution in [1.82, 2.24) is 0 Å². The van der Waals surface area contributed by atoms with Gasteiger partial charge in [-0.05, 0) is 40.8 Å². The number of para-hydroxylation sites is 1. The van der Waals surface area contributed by atoms with Crippen molar-refractivity contribution in [3.8, 4) is 22.5 Å². The molecule has 2 aliphatic rings. The molecule has 4 rings (SSSR count). The van der Waals surface area contributed by atoms with Crippen molar-refractivity contribution in [1.29, 1.82) is 0 Å². The lowest BCUT2D eigenvalue weighted by Crippen LogP contribution is -1.81. The van der Waals surface area contributed by atoms with Crippen molar-refractivity contribution in [2.45, 2.75) is 19.8 Å². The number of rotatable bonds is 2. The fourth-order valence-electron chi connectivity index (χ4n) is 2.98. The van der Waals surface area contributed by atoms with Crippen LogP contribution in [0.25, 0.3) is 33.4 Å². The second kappa shape index (κ2) is 5.03. The number of furan rings is 1. The van der Waals surface area contributed by atoms with Crippen LogP contribution in [0.1, 0.15) is 25.3 Å². The Labute approximate surface area is 130 Å². The predicted molar refractivity (Wildman–Crippen MR) is 92.4 cm³/mol. The highest BCUT2D eigenvalue weighted by atomic mass is 16.3. The molecule has 1 nitrogen and oxygen atoms in total. The minimum absolute atomic E-state index is 0.533. The van der Waals surface area contributed by atoms with Gasteiger partial charge in [-0.1, -0.05) is 62.4 Å². The molecule has 0 fully saturated rings. The molecule has 0 radical (unpaired) electrons. The Hall–Kier alpha value is -2.54. The quantitative estimate of drug-likeness (QED) is 0.420. The van der Waals surface area contributed by atoms with E-state index in [1.165, 1.54) is 16.7 Å². The van der Waals surface area contributed by atoms with Gasteiger partial charge in [-0.25, -0.2) is 0 Å². The highest BCUT2D eigenvalue weighted by Gasteiger charge is 2.14. The average molecular weight is 286 g/mol. The maximum Gasteiger partial charge on any atom is 0.136 e. The van der Waals surface area contributed by atoms with Crippen LogP contribution in [-0.2, 0) is 0 Å². The second-order valence-corrected chi connectivity index (χ2v) is 6.09. The maximum atomic E-state index is 6.03. The monoisotopic (exact) mass is 286 g/mol. The molecule has 2 aliphatic carbocycles. The molecule has 0 aliphatic heterocycles. The van der Waals surface area contributed by atoms with Gasteiger partial charge in [0.25, 0.3) is 0 Å². The van der Waals surface area contributed by atoms with Gasteiger partial charge in [0.15, 0.2) is 0 Å². The third-order valence-corrected chi connectivity index (χ3v) is 4.29. The van der Waals surface area contributed by atoms with E-state index in [2.05, 4.69) is 62.4 Å². The normalized spacial score (nSPS) is 11.6. The summed E-state index contributed by atoms with van der Waals surface area (Å²) in [4.78, 5) is 0. The molecule has 0 saturated carbocycles. The molecular weight excluding hydrogens is 268 g/mol. The molecule has 2 aromatic rings. The van der Waals surface area contributed by atoms with Crippen molar-refractivity contribution < 1.29 is 4.42 Å². The molecule has 0 N–H and O–H groups in total. The van der Waals surface area contributed by atoms with Crippen LogP contribution in [0, 0.1) is 0 Å². The molecule has 1 heteroatoms. The van der Waals surface area contributed by atoms with Gasteiger partial charge in [-0.15, -0.1) is 0 Å². The van der Waals surface area contributed by atoms with Crippen molar-refractivity contribution in [2.24, 2.45) is 0 Å². The molecule has 0 amide bonds. The van der Waals surface area contributed by atoms with E-state index in [1.54, 1.807) is 0 Å². The van der Waals surface area contributed by atoms with Crippen LogP contribution in [0.2, 0.25) is 0 Å². The molecule has 22 heavy (non-hydrogen) atoms. The molecule has 0 atom stereocenters. The van der Waals surface area contributed by atoms with E-state index in [4.69, 9.17) is 4.42 Å². The van der Waals surface area contributed by atoms with Crippen LogP contribution >= 0.6 is 0 Å². The van der Waals surface area contributed by atoms with Crippen molar-refractivity contribution >= 4 is 11.0 Å². The van der Waals surface area contributed by atoms with Crippen LogP contribution in [0.3, 0.4) is 0 Å². The fourth-order valence-corrected chi connectivity index (χ4v) is 2.98. The standard InChI is InChI=1S/C21H18O/c1-14(2)15-7-8-16-10-12-19(18(16)11-9-15)21-13-17-5-3-4-6-20(17)22-21/h3-14H,1-2H3. The molecule has 0 unspecified atom stereocenters. The summed E-state index contributed by atoms with van der Waals surface area (Å²) in [6.45, 7) is 4.44. The van der Waals surface area contributed by atoms with E-state index in [9.17, 15) is 0 Å². The van der Waals surface area contributed by atoms with Crippen LogP contribution in [0.15, 0.2) is 71.1 Å². The zero-order valence-electron chi connectivity index (χ0n) is 12.8. The lowest BCUT2D eigenvalue weighted by atomic mass is 10.1. The lowest BCUT2D eigenvalue weighted by molar-refractivity contribution is 0.632. The van der Waals surface area contributed by atoms with E-state index < -0.39 is 0 Å². The molecule has 1 aromatic heterocycles. The average Bonchev–Trinajstić information content (AvgIpc) is 3.05. The van der Waals surface area contributed by atoms with E-state index in [0.717, 1.165) is 22.3 Å². The number of hydrogen-bond acceptors (Lipinski definition) is 1. The Morgan fingerprint density at radius 1 is 0.773 bits per heavy atom. The van der Waals surface area contributed by atoms with Gasteiger partial charge in [0.2, 0.25) is 0 Å². The summed E-state index contributed by atoms with van der Waals surface area (Å²) < 4.78 is 6.03. The second-order valence-electron chi connectivity index (χ2n) is 6.09. The van der Waals surface area contributed by atoms with E-state index in [0.29, 0.717) is 5.92 Å². The van der Waals surface area contributed by atoms with Crippen LogP contribution < -0.4 is 0 Å². The summed E-state index contributed by atoms with van der Waals surface area (Å²) in [5.41, 5.74) is 5.95. The predicted octanol–water partition coefficient (Wildman–Crippen LogP) is 6.33. The summed E-state index contributed by atoms with van der Waals surface area (Å²) in [5.74, 6) is 1.47. The van der Waals surface area contributed by atoms with Crippen LogP contribution in [-0.4, -0.2) is 0 Å². The SMILES string of the molecule is CC(C)c1ccc2ccc(-c3cc4ccccc4o3)c-2cc1. The first kappa shape index (κ1) is 13.1. The summed E-state index contributed by atoms with van der Waals surface area (Å²) in [6.07, 6.45) is 0. The summed E-state index contributed by atoms with van der Waals surface area (Å²) in [7, 11) is 0. The largest absolute Gasteiger partial charge is 0.456 e. The number of benzene rings is 1. The van der Waals surface area contributed by atoms with E-state index in [1.807, 2.05) is 18.2 Å². The van der Waals surface area contributed by atoms with Gasteiger partial charge in [-0.3, -0.25) is 0 Å². The van der Waals surface area contributed by atoms with Gasteiger partial charge < -0.3 is 4.42 Å². The first-order chi connectivity index (χ1) is 10.7. The van der Waals surface area contributed by atoms with Crippen molar-refractivity contribution in [3.05, 3.63) is 72.3 Å². The Balaban J connectivity index is 1.89. The summed E-state index contributed by atoms with van der Waals surface area (Å²) in [5, 5.41) is 1.15. The molecule has 0 saturated heterocycles. The number of fused-ring (bicyclic) bond motifs is 2. The van der Waals surface area contributed by atoms with Crippen molar-refractivity contribution in [3.63, 3.8) is 0 Å². The topological polar surface area (TPSA) is 13.1 Å². The van der Waals surface area contributed by atoms with E-state index >= 15 is 0 Å². The molecule has 1 heterocycles. The summed E-state index contributed by atoms with van der Waals surface area (Å²) in [6, 6.07) is 23.5. The molecular formula is C21H18O. The Morgan fingerprint density at radius 3 is 2.32 bits per heavy atom. The molecule has 0 spiro atoms. The maximum absolute atomic E-state index is 6.03.